The number of aliphatic hydroxyl groups excluding tert-OH is 1. The van der Waals surface area contributed by atoms with Crippen LogP contribution in [-0.2, 0) is 6.54 Å². The number of halogens is 1. The Morgan fingerprint density at radius 1 is 1.18 bits per heavy atom. The lowest BCUT2D eigenvalue weighted by Crippen LogP contribution is -2.39. The van der Waals surface area contributed by atoms with E-state index < -0.39 is 0 Å². The summed E-state index contributed by atoms with van der Waals surface area (Å²) in [5.41, 5.74) is 2.11. The molecule has 1 aromatic carbocycles. The van der Waals surface area contributed by atoms with Crippen LogP contribution in [0.1, 0.15) is 53.4 Å². The fraction of sp³-hybridized carbons (Fsp3) is 0.524. The molecule has 1 amide bonds. The Hall–Kier alpha value is -1.89. The van der Waals surface area contributed by atoms with Gasteiger partial charge in [-0.2, -0.15) is 0 Å². The molecule has 150 valence electrons. The van der Waals surface area contributed by atoms with Crippen molar-refractivity contribution in [2.24, 2.45) is 0 Å². The van der Waals surface area contributed by atoms with Gasteiger partial charge in [-0.05, 0) is 49.9 Å². The molecule has 1 atom stereocenters. The second-order valence-electron chi connectivity index (χ2n) is 7.84. The van der Waals surface area contributed by atoms with Gasteiger partial charge in [-0.25, -0.2) is 0 Å². The van der Waals surface area contributed by atoms with Crippen LogP contribution >= 0.6 is 11.6 Å². The predicted molar refractivity (Wildman–Crippen MR) is 106 cm³/mol. The van der Waals surface area contributed by atoms with Crippen LogP contribution in [0.15, 0.2) is 34.9 Å². The highest BCUT2D eigenvalue weighted by molar-refractivity contribution is 6.30. The third kappa shape index (κ3) is 4.57. The normalized spacial score (nSPS) is 21.8. The zero-order chi connectivity index (χ0) is 19.5. The van der Waals surface area contributed by atoms with E-state index in [1.54, 1.807) is 4.90 Å². The van der Waals surface area contributed by atoms with Crippen LogP contribution in [0.25, 0.3) is 0 Å². The first-order valence-corrected chi connectivity index (χ1v) is 10.4. The highest BCUT2D eigenvalue weighted by atomic mass is 35.5. The van der Waals surface area contributed by atoms with Gasteiger partial charge in [0.1, 0.15) is 0 Å². The molecule has 3 heterocycles. The number of rotatable bonds is 4. The van der Waals surface area contributed by atoms with Crippen molar-refractivity contribution in [1.82, 2.24) is 15.0 Å². The molecule has 28 heavy (non-hydrogen) atoms. The average Bonchev–Trinajstić information content (AvgIpc) is 3.20. The average molecular weight is 404 g/mol. The quantitative estimate of drug-likeness (QED) is 0.848. The molecule has 0 spiro atoms. The highest BCUT2D eigenvalue weighted by Gasteiger charge is 2.28. The second-order valence-corrected chi connectivity index (χ2v) is 8.28. The minimum absolute atomic E-state index is 0.125. The first kappa shape index (κ1) is 19.4. The number of carbonyl (C=O) groups excluding carboxylic acids is 1. The molecule has 2 saturated heterocycles. The molecule has 4 rings (SSSR count). The van der Waals surface area contributed by atoms with Crippen molar-refractivity contribution in [3.63, 3.8) is 0 Å². The van der Waals surface area contributed by atoms with Crippen molar-refractivity contribution in [1.29, 1.82) is 0 Å². The van der Waals surface area contributed by atoms with Crippen molar-refractivity contribution in [3.8, 4) is 0 Å². The Morgan fingerprint density at radius 2 is 1.93 bits per heavy atom. The fourth-order valence-electron chi connectivity index (χ4n) is 4.10. The predicted octanol–water partition coefficient (Wildman–Crippen LogP) is 3.30. The molecule has 7 heteroatoms. The molecule has 0 aliphatic carbocycles. The summed E-state index contributed by atoms with van der Waals surface area (Å²) in [7, 11) is 0. The molecular formula is C21H26ClN3O3. The molecule has 2 aliphatic rings. The van der Waals surface area contributed by atoms with Crippen LogP contribution in [0, 0.1) is 0 Å². The number of carbonyl (C=O) groups is 1. The van der Waals surface area contributed by atoms with Gasteiger partial charge in [-0.15, -0.1) is 0 Å². The molecule has 0 bridgehead atoms. The number of benzene rings is 1. The summed E-state index contributed by atoms with van der Waals surface area (Å²) in [4.78, 5) is 16.8. The van der Waals surface area contributed by atoms with Crippen LogP contribution in [0.5, 0.6) is 0 Å². The zero-order valence-electron chi connectivity index (χ0n) is 15.9. The molecule has 0 unspecified atom stereocenters. The van der Waals surface area contributed by atoms with Crippen molar-refractivity contribution >= 4 is 17.5 Å². The van der Waals surface area contributed by atoms with Crippen LogP contribution < -0.4 is 0 Å². The van der Waals surface area contributed by atoms with E-state index in [-0.39, 0.29) is 17.9 Å². The van der Waals surface area contributed by atoms with Crippen molar-refractivity contribution < 1.29 is 14.4 Å². The van der Waals surface area contributed by atoms with Crippen LogP contribution in [0.4, 0.5) is 0 Å². The maximum Gasteiger partial charge on any atom is 0.292 e. The number of nitrogens with zero attached hydrogens (tertiary/aromatic N) is 3. The van der Waals surface area contributed by atoms with Gasteiger partial charge in [0.15, 0.2) is 0 Å². The van der Waals surface area contributed by atoms with E-state index in [1.165, 1.54) is 5.56 Å². The van der Waals surface area contributed by atoms with E-state index in [0.717, 1.165) is 43.2 Å². The number of amides is 1. The topological polar surface area (TPSA) is 69.8 Å². The summed E-state index contributed by atoms with van der Waals surface area (Å²) in [6.07, 6.45) is 3.08. The summed E-state index contributed by atoms with van der Waals surface area (Å²) < 4.78 is 5.39. The molecule has 1 aromatic heterocycles. The Balaban J connectivity index is 1.37. The Labute approximate surface area is 170 Å². The molecule has 1 N–H and O–H groups in total. The molecule has 6 nitrogen and oxygen atoms in total. The van der Waals surface area contributed by atoms with Crippen LogP contribution in [0.2, 0.25) is 5.02 Å². The van der Waals surface area contributed by atoms with Gasteiger partial charge < -0.3 is 14.5 Å². The molecule has 0 radical (unpaired) electrons. The summed E-state index contributed by atoms with van der Waals surface area (Å²) in [5.74, 6) is 0.454. The number of aliphatic hydroxyl groups is 1. The zero-order valence-corrected chi connectivity index (χ0v) is 16.6. The van der Waals surface area contributed by atoms with Gasteiger partial charge in [-0.3, -0.25) is 9.69 Å². The smallest absolute Gasteiger partial charge is 0.292 e. The Kier molecular flexibility index (Phi) is 5.99. The lowest BCUT2D eigenvalue weighted by atomic mass is 9.94. The minimum Gasteiger partial charge on any atom is -0.393 e. The van der Waals surface area contributed by atoms with Crippen LogP contribution in [-0.4, -0.2) is 58.3 Å². The van der Waals surface area contributed by atoms with E-state index in [2.05, 4.69) is 22.2 Å². The van der Waals surface area contributed by atoms with E-state index in [4.69, 9.17) is 16.1 Å². The van der Waals surface area contributed by atoms with Gasteiger partial charge in [-0.1, -0.05) is 28.9 Å². The summed E-state index contributed by atoms with van der Waals surface area (Å²) >= 11 is 5.97. The van der Waals surface area contributed by atoms with Gasteiger partial charge in [0.25, 0.3) is 5.91 Å². The fourth-order valence-corrected chi connectivity index (χ4v) is 4.22. The number of hydrogen-bond acceptors (Lipinski definition) is 5. The van der Waals surface area contributed by atoms with Crippen molar-refractivity contribution in [2.75, 3.05) is 26.2 Å². The Bertz CT molecular complexity index is 799. The monoisotopic (exact) mass is 403 g/mol. The maximum absolute atomic E-state index is 12.6. The van der Waals surface area contributed by atoms with Gasteiger partial charge in [0.2, 0.25) is 5.76 Å². The molecular weight excluding hydrogens is 378 g/mol. The summed E-state index contributed by atoms with van der Waals surface area (Å²) in [6.45, 7) is 3.97. The number of hydrogen-bond donors (Lipinski definition) is 1. The molecule has 2 fully saturated rings. The largest absolute Gasteiger partial charge is 0.393 e. The SMILES string of the molecule is O=C(c1cc([C@@H]2CCCN(Cc3ccc(Cl)cc3)C2)no1)N1CCC(O)CC1. The van der Waals surface area contributed by atoms with E-state index in [9.17, 15) is 9.90 Å². The molecule has 2 aromatic rings. The molecule has 2 aliphatic heterocycles. The number of likely N-dealkylation sites (tertiary alicyclic amines) is 2. The molecule has 0 saturated carbocycles. The van der Waals surface area contributed by atoms with E-state index in [1.807, 2.05) is 18.2 Å². The van der Waals surface area contributed by atoms with Gasteiger partial charge >= 0.3 is 0 Å². The van der Waals surface area contributed by atoms with Gasteiger partial charge in [0.05, 0.1) is 11.8 Å². The lowest BCUT2D eigenvalue weighted by Gasteiger charge is -2.31. The van der Waals surface area contributed by atoms with Gasteiger partial charge in [0, 0.05) is 43.2 Å². The Morgan fingerprint density at radius 3 is 2.68 bits per heavy atom. The second kappa shape index (κ2) is 8.64. The van der Waals surface area contributed by atoms with Crippen LogP contribution in [0.3, 0.4) is 0 Å². The first-order valence-electron chi connectivity index (χ1n) is 9.99. The highest BCUT2D eigenvalue weighted by Crippen LogP contribution is 2.28. The third-order valence-corrected chi connectivity index (χ3v) is 5.99. The van der Waals surface area contributed by atoms with Crippen molar-refractivity contribution in [3.05, 3.63) is 52.4 Å². The lowest BCUT2D eigenvalue weighted by molar-refractivity contribution is 0.0512. The summed E-state index contributed by atoms with van der Waals surface area (Å²) in [5, 5.41) is 14.6. The standard InChI is InChI=1S/C21H26ClN3O3/c22-17-5-3-15(4-6-17)13-24-9-1-2-16(14-24)19-12-20(28-23-19)21(27)25-10-7-18(26)8-11-25/h3-6,12,16,18,26H,1-2,7-11,13-14H2/t16-/m1/s1. The minimum atomic E-state index is -0.303. The van der Waals surface area contributed by atoms with E-state index in [0.29, 0.717) is 31.7 Å². The van der Waals surface area contributed by atoms with Crippen molar-refractivity contribution in [2.45, 2.75) is 44.2 Å². The number of aromatic nitrogens is 1. The first-order chi connectivity index (χ1) is 13.6. The van der Waals surface area contributed by atoms with E-state index >= 15 is 0 Å². The third-order valence-electron chi connectivity index (χ3n) is 5.73. The number of piperidine rings is 2. The summed E-state index contributed by atoms with van der Waals surface area (Å²) in [6, 6.07) is 9.79. The maximum atomic E-state index is 12.6.